The van der Waals surface area contributed by atoms with Crippen molar-refractivity contribution in [1.29, 1.82) is 0 Å². The Morgan fingerprint density at radius 1 is 1.22 bits per heavy atom. The summed E-state index contributed by atoms with van der Waals surface area (Å²) in [6, 6.07) is 0. The second-order valence-corrected chi connectivity index (χ2v) is 5.49. The van der Waals surface area contributed by atoms with E-state index in [0.29, 0.717) is 18.9 Å². The van der Waals surface area contributed by atoms with Gasteiger partial charge in [0, 0.05) is 18.4 Å². The molecule has 0 aliphatic rings. The summed E-state index contributed by atoms with van der Waals surface area (Å²) in [5, 5.41) is 11.6. The minimum atomic E-state index is -0.746. The van der Waals surface area contributed by atoms with Crippen molar-refractivity contribution < 1.29 is 14.7 Å². The standard InChI is InChI=1S/C14H27NO3/c1-5-11(7-8-12(16)17)9-10-15-13(18)14(3,4)6-2/h11H,5-10H2,1-4H3,(H,15,18)(H,16,17). The molecule has 0 saturated carbocycles. The van der Waals surface area contributed by atoms with Crippen LogP contribution in [0.15, 0.2) is 0 Å². The average molecular weight is 257 g/mol. The van der Waals surface area contributed by atoms with E-state index in [1.54, 1.807) is 0 Å². The molecule has 1 atom stereocenters. The van der Waals surface area contributed by atoms with Crippen molar-refractivity contribution in [3.8, 4) is 0 Å². The number of hydrogen-bond acceptors (Lipinski definition) is 2. The maximum Gasteiger partial charge on any atom is 0.303 e. The van der Waals surface area contributed by atoms with Crippen LogP contribution >= 0.6 is 0 Å². The van der Waals surface area contributed by atoms with Crippen LogP contribution < -0.4 is 5.32 Å². The van der Waals surface area contributed by atoms with Gasteiger partial charge >= 0.3 is 5.97 Å². The zero-order chi connectivity index (χ0) is 14.2. The van der Waals surface area contributed by atoms with Crippen molar-refractivity contribution in [2.24, 2.45) is 11.3 Å². The molecule has 1 unspecified atom stereocenters. The highest BCUT2D eigenvalue weighted by molar-refractivity contribution is 5.81. The third-order valence-corrected chi connectivity index (χ3v) is 3.68. The zero-order valence-corrected chi connectivity index (χ0v) is 12.1. The minimum Gasteiger partial charge on any atom is -0.481 e. The van der Waals surface area contributed by atoms with E-state index in [-0.39, 0.29) is 17.7 Å². The summed E-state index contributed by atoms with van der Waals surface area (Å²) in [5.74, 6) is -0.283. The van der Waals surface area contributed by atoms with Gasteiger partial charge < -0.3 is 10.4 Å². The Kier molecular flexibility index (Phi) is 7.64. The summed E-state index contributed by atoms with van der Waals surface area (Å²) in [5.41, 5.74) is -0.317. The number of carbonyl (C=O) groups excluding carboxylic acids is 1. The molecule has 0 saturated heterocycles. The van der Waals surface area contributed by atoms with Crippen molar-refractivity contribution in [1.82, 2.24) is 5.32 Å². The Labute approximate surface area is 110 Å². The minimum absolute atomic E-state index is 0.0816. The molecule has 0 fully saturated rings. The van der Waals surface area contributed by atoms with Crippen molar-refractivity contribution in [2.45, 2.75) is 59.8 Å². The molecule has 4 nitrogen and oxygen atoms in total. The Morgan fingerprint density at radius 2 is 1.83 bits per heavy atom. The summed E-state index contributed by atoms with van der Waals surface area (Å²) in [6.07, 6.45) is 3.54. The van der Waals surface area contributed by atoms with E-state index in [4.69, 9.17) is 5.11 Å². The van der Waals surface area contributed by atoms with Gasteiger partial charge in [0.05, 0.1) is 0 Å². The van der Waals surface area contributed by atoms with Crippen LogP contribution in [0.4, 0.5) is 0 Å². The topological polar surface area (TPSA) is 66.4 Å². The number of carboxylic acid groups (broad SMARTS) is 1. The molecule has 0 aliphatic carbocycles. The molecule has 1 amide bonds. The maximum absolute atomic E-state index is 11.8. The Bertz CT molecular complexity index is 274. The second kappa shape index (κ2) is 8.11. The number of nitrogens with one attached hydrogen (secondary N) is 1. The lowest BCUT2D eigenvalue weighted by Crippen LogP contribution is -2.37. The van der Waals surface area contributed by atoms with Gasteiger partial charge in [0.1, 0.15) is 0 Å². The number of amides is 1. The summed E-state index contributed by atoms with van der Waals surface area (Å²) in [7, 11) is 0. The summed E-state index contributed by atoms with van der Waals surface area (Å²) in [6.45, 7) is 8.57. The summed E-state index contributed by atoms with van der Waals surface area (Å²) < 4.78 is 0. The lowest BCUT2D eigenvalue weighted by atomic mass is 9.89. The molecule has 0 aromatic carbocycles. The van der Waals surface area contributed by atoms with E-state index >= 15 is 0 Å². The highest BCUT2D eigenvalue weighted by Crippen LogP contribution is 2.20. The Morgan fingerprint density at radius 3 is 2.28 bits per heavy atom. The smallest absolute Gasteiger partial charge is 0.303 e. The first-order valence-electron chi connectivity index (χ1n) is 6.83. The van der Waals surface area contributed by atoms with Crippen LogP contribution in [0, 0.1) is 11.3 Å². The fourth-order valence-electron chi connectivity index (χ4n) is 1.67. The number of aliphatic carboxylic acids is 1. The van der Waals surface area contributed by atoms with Gasteiger partial charge in [0.25, 0.3) is 0 Å². The molecule has 18 heavy (non-hydrogen) atoms. The van der Waals surface area contributed by atoms with E-state index in [9.17, 15) is 9.59 Å². The van der Waals surface area contributed by atoms with E-state index in [2.05, 4.69) is 12.2 Å². The van der Waals surface area contributed by atoms with Crippen LogP contribution in [0.25, 0.3) is 0 Å². The molecule has 0 bridgehead atoms. The van der Waals surface area contributed by atoms with Gasteiger partial charge in [0.15, 0.2) is 0 Å². The molecular weight excluding hydrogens is 230 g/mol. The zero-order valence-electron chi connectivity index (χ0n) is 12.1. The molecule has 0 aliphatic heterocycles. The third kappa shape index (κ3) is 6.62. The molecule has 0 aromatic heterocycles. The first-order chi connectivity index (χ1) is 8.33. The molecule has 0 rings (SSSR count). The van der Waals surface area contributed by atoms with Gasteiger partial charge in [-0.1, -0.05) is 34.1 Å². The van der Waals surface area contributed by atoms with Gasteiger partial charge in [-0.15, -0.1) is 0 Å². The Hall–Kier alpha value is -1.06. The van der Waals surface area contributed by atoms with Crippen molar-refractivity contribution >= 4 is 11.9 Å². The number of carboxylic acids is 1. The molecule has 0 radical (unpaired) electrons. The number of hydrogen-bond donors (Lipinski definition) is 2. The van der Waals surface area contributed by atoms with E-state index < -0.39 is 5.97 Å². The summed E-state index contributed by atoms with van der Waals surface area (Å²) in [4.78, 5) is 22.3. The van der Waals surface area contributed by atoms with E-state index in [1.165, 1.54) is 0 Å². The fourth-order valence-corrected chi connectivity index (χ4v) is 1.67. The Balaban J connectivity index is 3.93. The van der Waals surface area contributed by atoms with Gasteiger partial charge in [0.2, 0.25) is 5.91 Å². The van der Waals surface area contributed by atoms with Crippen LogP contribution in [0.3, 0.4) is 0 Å². The van der Waals surface area contributed by atoms with Crippen LogP contribution in [0.1, 0.15) is 59.8 Å². The monoisotopic (exact) mass is 257 g/mol. The maximum atomic E-state index is 11.8. The average Bonchev–Trinajstić information content (AvgIpc) is 2.32. The van der Waals surface area contributed by atoms with Crippen molar-refractivity contribution in [3.05, 3.63) is 0 Å². The van der Waals surface area contributed by atoms with Gasteiger partial charge in [-0.2, -0.15) is 0 Å². The summed E-state index contributed by atoms with van der Waals surface area (Å²) >= 11 is 0. The predicted octanol–water partition coefficient (Wildman–Crippen LogP) is 2.82. The number of carbonyl (C=O) groups is 2. The lowest BCUT2D eigenvalue weighted by molar-refractivity contribution is -0.137. The lowest BCUT2D eigenvalue weighted by Gasteiger charge is -2.22. The highest BCUT2D eigenvalue weighted by atomic mass is 16.4. The quantitative estimate of drug-likeness (QED) is 0.667. The van der Waals surface area contributed by atoms with Crippen molar-refractivity contribution in [2.75, 3.05) is 6.54 Å². The van der Waals surface area contributed by atoms with E-state index in [1.807, 2.05) is 20.8 Å². The number of rotatable bonds is 9. The first kappa shape index (κ1) is 16.9. The molecule has 106 valence electrons. The molecule has 4 heteroatoms. The molecule has 0 spiro atoms. The first-order valence-corrected chi connectivity index (χ1v) is 6.83. The third-order valence-electron chi connectivity index (χ3n) is 3.68. The van der Waals surface area contributed by atoms with Gasteiger partial charge in [-0.25, -0.2) is 0 Å². The van der Waals surface area contributed by atoms with Gasteiger partial charge in [-0.05, 0) is 25.2 Å². The van der Waals surface area contributed by atoms with E-state index in [0.717, 1.165) is 19.3 Å². The van der Waals surface area contributed by atoms with Crippen LogP contribution in [0.2, 0.25) is 0 Å². The SMILES string of the molecule is CCC(CCNC(=O)C(C)(C)CC)CCC(=O)O. The molecular formula is C14H27NO3. The van der Waals surface area contributed by atoms with Crippen LogP contribution in [-0.4, -0.2) is 23.5 Å². The predicted molar refractivity (Wildman–Crippen MR) is 72.3 cm³/mol. The molecule has 2 N–H and O–H groups in total. The van der Waals surface area contributed by atoms with Gasteiger partial charge in [-0.3, -0.25) is 9.59 Å². The molecule has 0 aromatic rings. The van der Waals surface area contributed by atoms with Crippen LogP contribution in [-0.2, 0) is 9.59 Å². The van der Waals surface area contributed by atoms with Crippen LogP contribution in [0.5, 0.6) is 0 Å². The second-order valence-electron chi connectivity index (χ2n) is 5.49. The molecule has 0 heterocycles. The fraction of sp³-hybridized carbons (Fsp3) is 0.857. The highest BCUT2D eigenvalue weighted by Gasteiger charge is 2.24. The largest absolute Gasteiger partial charge is 0.481 e. The normalized spacial score (nSPS) is 13.1. The van der Waals surface area contributed by atoms with Crippen molar-refractivity contribution in [3.63, 3.8) is 0 Å².